The zero-order valence-corrected chi connectivity index (χ0v) is 19.2. The Morgan fingerprint density at radius 2 is 1.94 bits per heavy atom. The van der Waals surface area contributed by atoms with Gasteiger partial charge in [-0.2, -0.15) is 0 Å². The van der Waals surface area contributed by atoms with Crippen molar-refractivity contribution in [3.05, 3.63) is 74.2 Å². The number of aromatic amines is 1. The van der Waals surface area contributed by atoms with Gasteiger partial charge in [-0.15, -0.1) is 0 Å². The minimum atomic E-state index is -0.977. The molecule has 0 aliphatic carbocycles. The lowest BCUT2D eigenvalue weighted by molar-refractivity contribution is -0.137. The quantitative estimate of drug-likeness (QED) is 0.505. The first-order valence-electron chi connectivity index (χ1n) is 9.91. The van der Waals surface area contributed by atoms with E-state index in [0.29, 0.717) is 23.6 Å². The maximum atomic E-state index is 12.9. The zero-order chi connectivity index (χ0) is 22.5. The first-order valence-corrected chi connectivity index (χ1v) is 10.7. The van der Waals surface area contributed by atoms with Gasteiger partial charge >= 0.3 is 11.7 Å². The molecule has 0 unspecified atom stereocenters. The number of H-pyrrole nitrogens is 1. The molecule has 0 aliphatic rings. The van der Waals surface area contributed by atoms with Crippen LogP contribution in [0, 0.1) is 6.92 Å². The van der Waals surface area contributed by atoms with Crippen LogP contribution in [-0.4, -0.2) is 31.5 Å². The van der Waals surface area contributed by atoms with E-state index in [0.717, 1.165) is 15.6 Å². The normalized spacial score (nSPS) is 11.8. The summed E-state index contributed by atoms with van der Waals surface area (Å²) >= 11 is 3.49. The van der Waals surface area contributed by atoms with E-state index in [1.165, 1.54) is 9.25 Å². The van der Waals surface area contributed by atoms with Crippen LogP contribution in [0.15, 0.2) is 56.7 Å². The molecule has 0 saturated carbocycles. The van der Waals surface area contributed by atoms with Gasteiger partial charge in [0, 0.05) is 0 Å². The Morgan fingerprint density at radius 3 is 2.55 bits per heavy atom. The molecule has 2 N–H and O–H groups in total. The number of benzene rings is 2. The lowest BCUT2D eigenvalue weighted by Gasteiger charge is -2.11. The van der Waals surface area contributed by atoms with E-state index in [2.05, 4.69) is 26.0 Å². The fourth-order valence-corrected chi connectivity index (χ4v) is 3.42. The average Bonchev–Trinajstić information content (AvgIpc) is 2.98. The number of aromatic nitrogens is 3. The molecule has 164 valence electrons. The predicted molar refractivity (Wildman–Crippen MR) is 121 cm³/mol. The van der Waals surface area contributed by atoms with Crippen LogP contribution in [-0.2, 0) is 17.9 Å². The number of rotatable bonds is 8. The molecule has 0 bridgehead atoms. The smallest absolute Gasteiger partial charge is 0.345 e. The number of carbonyl (C=O) groups is 1. The summed E-state index contributed by atoms with van der Waals surface area (Å²) in [6, 6.07) is 13.3. The van der Waals surface area contributed by atoms with Gasteiger partial charge in [-0.05, 0) is 60.5 Å². The number of hydrogen-bond donors (Lipinski definition) is 2. The molecule has 0 aliphatic heterocycles. The van der Waals surface area contributed by atoms with Crippen LogP contribution in [0.2, 0.25) is 0 Å². The third-order valence-corrected chi connectivity index (χ3v) is 5.10. The van der Waals surface area contributed by atoms with Crippen LogP contribution in [0.5, 0.6) is 5.75 Å². The van der Waals surface area contributed by atoms with Crippen LogP contribution < -0.4 is 16.0 Å². The molecular formula is C22H25BrN4O4. The van der Waals surface area contributed by atoms with Crippen molar-refractivity contribution in [1.29, 1.82) is 0 Å². The Labute approximate surface area is 187 Å². The lowest BCUT2D eigenvalue weighted by atomic mass is 10.1. The van der Waals surface area contributed by atoms with Crippen molar-refractivity contribution in [2.45, 2.75) is 46.4 Å². The Balaban J connectivity index is 2.03. The van der Waals surface area contributed by atoms with Crippen LogP contribution in [0.25, 0.3) is 0 Å². The summed E-state index contributed by atoms with van der Waals surface area (Å²) in [5.41, 5.74) is 2.67. The summed E-state index contributed by atoms with van der Waals surface area (Å²) in [5.74, 6) is -0.274. The maximum Gasteiger partial charge on any atom is 0.345 e. The Hall–Kier alpha value is -3.07. The number of nitrogens with zero attached hydrogens (tertiary/aromatic N) is 3. The lowest BCUT2D eigenvalue weighted by Crippen LogP contribution is -2.30. The van der Waals surface area contributed by atoms with Crippen LogP contribution >= 0.6 is 15.9 Å². The second kappa shape index (κ2) is 9.82. The van der Waals surface area contributed by atoms with Crippen molar-refractivity contribution < 1.29 is 14.6 Å². The molecule has 0 amide bonds. The molecule has 0 atom stereocenters. The number of carboxylic acid groups (broad SMARTS) is 1. The largest absolute Gasteiger partial charge is 0.490 e. The second-order valence-electron chi connectivity index (χ2n) is 7.48. The van der Waals surface area contributed by atoms with Crippen molar-refractivity contribution in [3.63, 3.8) is 0 Å². The molecule has 3 rings (SSSR count). The molecule has 9 heteroatoms. The molecule has 0 radical (unpaired) electrons. The van der Waals surface area contributed by atoms with Crippen LogP contribution in [0.4, 0.5) is 5.69 Å². The average molecular weight is 489 g/mol. The number of nitrogens with one attached hydrogen (secondary N) is 1. The minimum Gasteiger partial charge on any atom is -0.490 e. The van der Waals surface area contributed by atoms with Gasteiger partial charge in [0.2, 0.25) is 5.62 Å². The van der Waals surface area contributed by atoms with Crippen molar-refractivity contribution >= 4 is 27.6 Å². The summed E-state index contributed by atoms with van der Waals surface area (Å²) in [6.07, 6.45) is -0.132. The van der Waals surface area contributed by atoms with E-state index in [1.807, 2.05) is 51.1 Å². The molecule has 1 heterocycles. The van der Waals surface area contributed by atoms with Crippen LogP contribution in [0.1, 0.15) is 31.4 Å². The number of halogens is 1. The molecule has 8 nitrogen and oxygen atoms in total. The molecule has 3 aromatic rings. The third-order valence-electron chi connectivity index (χ3n) is 4.48. The van der Waals surface area contributed by atoms with E-state index < -0.39 is 5.97 Å². The Morgan fingerprint density at radius 1 is 1.23 bits per heavy atom. The summed E-state index contributed by atoms with van der Waals surface area (Å²) in [5, 5.41) is 11.9. The molecule has 31 heavy (non-hydrogen) atoms. The predicted octanol–water partition coefficient (Wildman–Crippen LogP) is 3.59. The highest BCUT2D eigenvalue weighted by atomic mass is 79.9. The maximum absolute atomic E-state index is 12.9. The van der Waals surface area contributed by atoms with Crippen molar-refractivity contribution in [2.75, 3.05) is 0 Å². The van der Waals surface area contributed by atoms with Gasteiger partial charge in [-0.25, -0.2) is 14.5 Å². The molecule has 0 spiro atoms. The van der Waals surface area contributed by atoms with Crippen molar-refractivity contribution in [2.24, 2.45) is 4.99 Å². The number of aliphatic carboxylic acids is 1. The first-order chi connectivity index (χ1) is 14.7. The van der Waals surface area contributed by atoms with Gasteiger partial charge in [0.05, 0.1) is 35.8 Å². The van der Waals surface area contributed by atoms with Gasteiger partial charge in [-0.3, -0.25) is 14.5 Å². The Bertz CT molecular complexity index is 1190. The second-order valence-corrected chi connectivity index (χ2v) is 8.33. The van der Waals surface area contributed by atoms with E-state index in [4.69, 9.17) is 9.84 Å². The van der Waals surface area contributed by atoms with Gasteiger partial charge in [0.25, 0.3) is 0 Å². The first kappa shape index (κ1) is 22.6. The van der Waals surface area contributed by atoms with E-state index in [1.54, 1.807) is 12.1 Å². The summed E-state index contributed by atoms with van der Waals surface area (Å²) in [7, 11) is 0. The number of ether oxygens (including phenoxy) is 1. The van der Waals surface area contributed by atoms with E-state index in [-0.39, 0.29) is 24.8 Å². The standard InChI is InChI=1S/C22H25BrN4O4/c1-14(2)31-19-9-8-17(12-18(19)23)24-21-25-27(11-10-20(28)29)22(30)26(21)13-16-6-4-15(3)5-7-16/h4-9,12,14H,10-11,13H2,1-3H3,(H,24,25)(H,28,29). The van der Waals surface area contributed by atoms with Crippen LogP contribution in [0.3, 0.4) is 0 Å². The van der Waals surface area contributed by atoms with E-state index >= 15 is 0 Å². The van der Waals surface area contributed by atoms with E-state index in [9.17, 15) is 9.59 Å². The zero-order valence-electron chi connectivity index (χ0n) is 17.6. The molecule has 1 aromatic heterocycles. The van der Waals surface area contributed by atoms with Gasteiger partial charge in [-0.1, -0.05) is 29.8 Å². The topological polar surface area (TPSA) is 102 Å². The summed E-state index contributed by atoms with van der Waals surface area (Å²) < 4.78 is 9.25. The molecule has 0 fully saturated rings. The van der Waals surface area contributed by atoms with Gasteiger partial charge in [0.1, 0.15) is 5.75 Å². The molecule has 0 saturated heterocycles. The highest BCUT2D eigenvalue weighted by molar-refractivity contribution is 9.10. The van der Waals surface area contributed by atoms with Crippen molar-refractivity contribution in [3.8, 4) is 5.75 Å². The minimum absolute atomic E-state index is 0.0302. The number of aryl methyl sites for hydroxylation is 2. The van der Waals surface area contributed by atoms with Gasteiger partial charge in [0.15, 0.2) is 0 Å². The fourth-order valence-electron chi connectivity index (χ4n) is 2.96. The monoisotopic (exact) mass is 488 g/mol. The van der Waals surface area contributed by atoms with Gasteiger partial charge < -0.3 is 9.84 Å². The summed E-state index contributed by atoms with van der Waals surface area (Å²) in [4.78, 5) is 28.5. The SMILES string of the molecule is Cc1ccc(Cn2c(=O)n(CCC(=O)O)[nH]/c2=N\c2ccc(OC(C)C)c(Br)c2)cc1. The highest BCUT2D eigenvalue weighted by Gasteiger charge is 2.11. The summed E-state index contributed by atoms with van der Waals surface area (Å²) in [6.45, 7) is 6.23. The fraction of sp³-hybridized carbons (Fsp3) is 0.318. The molecular weight excluding hydrogens is 464 g/mol. The van der Waals surface area contributed by atoms with Crippen molar-refractivity contribution in [1.82, 2.24) is 14.3 Å². The third kappa shape index (κ3) is 5.97. The number of hydrogen-bond acceptors (Lipinski definition) is 4. The Kier molecular flexibility index (Phi) is 7.17. The highest BCUT2D eigenvalue weighted by Crippen LogP contribution is 2.29. The number of carboxylic acids is 1. The molecule has 2 aromatic carbocycles.